The number of piperazine rings is 1. The molecule has 0 unspecified atom stereocenters. The zero-order chi connectivity index (χ0) is 22.7. The Kier molecular flexibility index (Phi) is 7.10. The van der Waals surface area contributed by atoms with Crippen LogP contribution in [-0.4, -0.2) is 70.9 Å². The molecule has 2 aromatic heterocycles. The number of nitrogens with zero attached hydrogens (tertiary/aromatic N) is 4. The molecule has 0 bridgehead atoms. The average molecular weight is 428 g/mol. The number of carbonyl (C=O) groups excluding carboxylic acids is 2. The summed E-state index contributed by atoms with van der Waals surface area (Å²) < 4.78 is 5.12. The molecule has 0 aliphatic carbocycles. The highest BCUT2D eigenvalue weighted by molar-refractivity contribution is 6.02. The number of rotatable bonds is 7. The van der Waals surface area contributed by atoms with Crippen molar-refractivity contribution in [2.75, 3.05) is 44.2 Å². The molecular formula is C23H33N5O3. The minimum absolute atomic E-state index is 0.00965. The van der Waals surface area contributed by atoms with Crippen LogP contribution in [0, 0.1) is 20.8 Å². The summed E-state index contributed by atoms with van der Waals surface area (Å²) in [6.07, 6.45) is 0. The molecule has 1 saturated heterocycles. The number of hydrogen-bond donors (Lipinski definition) is 1. The first-order valence-corrected chi connectivity index (χ1v) is 10.9. The Hall–Kier alpha value is -2.74. The molecule has 3 rings (SSSR count). The van der Waals surface area contributed by atoms with Crippen molar-refractivity contribution in [3.63, 3.8) is 0 Å². The molecular weight excluding hydrogens is 394 g/mol. The van der Waals surface area contributed by atoms with E-state index in [1.807, 2.05) is 13.0 Å². The minimum atomic E-state index is -0.387. The zero-order valence-electron chi connectivity index (χ0n) is 19.4. The van der Waals surface area contributed by atoms with Crippen LogP contribution in [-0.2, 0) is 4.74 Å². The lowest BCUT2D eigenvalue weighted by Crippen LogP contribution is -2.48. The summed E-state index contributed by atoms with van der Waals surface area (Å²) in [7, 11) is 0. The Balaban J connectivity index is 1.64. The van der Waals surface area contributed by atoms with E-state index in [0.717, 1.165) is 43.5 Å². The summed E-state index contributed by atoms with van der Waals surface area (Å²) in [6, 6.07) is 2.02. The van der Waals surface area contributed by atoms with Gasteiger partial charge in [0, 0.05) is 49.6 Å². The quantitative estimate of drug-likeness (QED) is 0.536. The molecule has 0 aromatic carbocycles. The fourth-order valence-corrected chi connectivity index (χ4v) is 3.95. The number of H-pyrrole nitrogens is 1. The second-order valence-electron chi connectivity index (χ2n) is 8.41. The molecule has 8 heteroatoms. The van der Waals surface area contributed by atoms with Crippen LogP contribution < -0.4 is 4.90 Å². The van der Waals surface area contributed by atoms with E-state index in [1.165, 1.54) is 0 Å². The SMILES string of the molecule is CCOC(=O)c1c(C)[nH]c(C(=O)CN2CCN(c3cc(C)nc(C(C)C)n3)CC2)c1C. The molecule has 0 amide bonds. The molecule has 3 heterocycles. The molecule has 2 aromatic rings. The number of hydrogen-bond acceptors (Lipinski definition) is 7. The van der Waals surface area contributed by atoms with Gasteiger partial charge in [0.05, 0.1) is 24.4 Å². The van der Waals surface area contributed by atoms with E-state index < -0.39 is 0 Å². The normalized spacial score (nSPS) is 14.9. The Labute approximate surface area is 184 Å². The van der Waals surface area contributed by atoms with E-state index in [1.54, 1.807) is 20.8 Å². The van der Waals surface area contributed by atoms with E-state index in [4.69, 9.17) is 9.72 Å². The largest absolute Gasteiger partial charge is 0.462 e. The van der Waals surface area contributed by atoms with Crippen LogP contribution in [0.2, 0.25) is 0 Å². The summed E-state index contributed by atoms with van der Waals surface area (Å²) in [5, 5.41) is 0. The first kappa shape index (κ1) is 22.9. The van der Waals surface area contributed by atoms with Gasteiger partial charge in [-0.3, -0.25) is 9.69 Å². The van der Waals surface area contributed by atoms with Crippen molar-refractivity contribution in [1.82, 2.24) is 19.9 Å². The fourth-order valence-electron chi connectivity index (χ4n) is 3.95. The summed E-state index contributed by atoms with van der Waals surface area (Å²) in [6.45, 7) is 15.3. The Morgan fingerprint density at radius 1 is 1.13 bits per heavy atom. The molecule has 8 nitrogen and oxygen atoms in total. The molecule has 0 atom stereocenters. The van der Waals surface area contributed by atoms with Crippen molar-refractivity contribution in [3.05, 3.63) is 40.1 Å². The van der Waals surface area contributed by atoms with Crippen LogP contribution in [0.1, 0.15) is 70.3 Å². The first-order chi connectivity index (χ1) is 14.7. The number of carbonyl (C=O) groups is 2. The van der Waals surface area contributed by atoms with E-state index in [2.05, 4.69) is 33.6 Å². The predicted molar refractivity (Wildman–Crippen MR) is 120 cm³/mol. The summed E-state index contributed by atoms with van der Waals surface area (Å²) in [5.74, 6) is 1.70. The summed E-state index contributed by atoms with van der Waals surface area (Å²) in [5.41, 5.74) is 3.27. The highest BCUT2D eigenvalue weighted by Crippen LogP contribution is 2.21. The molecule has 31 heavy (non-hydrogen) atoms. The third-order valence-electron chi connectivity index (χ3n) is 5.63. The number of esters is 1. The number of ketones is 1. The third-order valence-corrected chi connectivity index (χ3v) is 5.63. The second-order valence-corrected chi connectivity index (χ2v) is 8.41. The summed E-state index contributed by atoms with van der Waals surface area (Å²) >= 11 is 0. The highest BCUT2D eigenvalue weighted by atomic mass is 16.5. The van der Waals surface area contributed by atoms with E-state index in [0.29, 0.717) is 35.7 Å². The van der Waals surface area contributed by atoms with Gasteiger partial charge in [0.25, 0.3) is 0 Å². The van der Waals surface area contributed by atoms with Crippen LogP contribution in [0.3, 0.4) is 0 Å². The van der Waals surface area contributed by atoms with Crippen molar-refractivity contribution >= 4 is 17.6 Å². The Morgan fingerprint density at radius 2 is 1.81 bits per heavy atom. The third kappa shape index (κ3) is 5.12. The monoisotopic (exact) mass is 427 g/mol. The van der Waals surface area contributed by atoms with Gasteiger partial charge in [0.1, 0.15) is 11.6 Å². The lowest BCUT2D eigenvalue weighted by molar-refractivity contribution is 0.0525. The van der Waals surface area contributed by atoms with Gasteiger partial charge < -0.3 is 14.6 Å². The standard InChI is InChI=1S/C23H33N5O3/c1-7-31-23(30)20-16(5)21(25-17(20)6)18(29)13-27-8-10-28(11-9-27)19-12-15(4)24-22(26-19)14(2)3/h12,14,25H,7-11,13H2,1-6H3. The number of anilines is 1. The van der Waals surface area contributed by atoms with Crippen LogP contribution in [0.4, 0.5) is 5.82 Å². The van der Waals surface area contributed by atoms with Gasteiger partial charge in [0.2, 0.25) is 0 Å². The minimum Gasteiger partial charge on any atom is -0.462 e. The molecule has 168 valence electrons. The van der Waals surface area contributed by atoms with E-state index in [-0.39, 0.29) is 17.7 Å². The first-order valence-electron chi connectivity index (χ1n) is 10.9. The van der Waals surface area contributed by atoms with Gasteiger partial charge in [-0.15, -0.1) is 0 Å². The Morgan fingerprint density at radius 3 is 2.42 bits per heavy atom. The number of aromatic nitrogens is 3. The highest BCUT2D eigenvalue weighted by Gasteiger charge is 2.26. The lowest BCUT2D eigenvalue weighted by atomic mass is 10.1. The van der Waals surface area contributed by atoms with Crippen molar-refractivity contribution in [1.29, 1.82) is 0 Å². The number of nitrogens with one attached hydrogen (secondary N) is 1. The fraction of sp³-hybridized carbons (Fsp3) is 0.565. The number of ether oxygens (including phenoxy) is 1. The molecule has 0 radical (unpaired) electrons. The Bertz CT molecular complexity index is 958. The van der Waals surface area contributed by atoms with E-state index in [9.17, 15) is 9.59 Å². The van der Waals surface area contributed by atoms with Gasteiger partial charge in [-0.2, -0.15) is 0 Å². The second kappa shape index (κ2) is 9.60. The smallest absolute Gasteiger partial charge is 0.340 e. The maximum absolute atomic E-state index is 12.9. The van der Waals surface area contributed by atoms with Gasteiger partial charge >= 0.3 is 5.97 Å². The molecule has 1 fully saturated rings. The molecule has 1 aliphatic heterocycles. The summed E-state index contributed by atoms with van der Waals surface area (Å²) in [4.78, 5) is 41.9. The number of Topliss-reactive ketones (excluding diaryl/α,β-unsaturated/α-hetero) is 1. The van der Waals surface area contributed by atoms with Crippen molar-refractivity contribution in [2.24, 2.45) is 0 Å². The number of aryl methyl sites for hydroxylation is 2. The van der Waals surface area contributed by atoms with Crippen LogP contribution in [0.15, 0.2) is 6.07 Å². The van der Waals surface area contributed by atoms with Gasteiger partial charge in [0.15, 0.2) is 5.78 Å². The van der Waals surface area contributed by atoms with Gasteiger partial charge in [-0.1, -0.05) is 13.8 Å². The number of aromatic amines is 1. The maximum Gasteiger partial charge on any atom is 0.340 e. The van der Waals surface area contributed by atoms with Crippen LogP contribution in [0.25, 0.3) is 0 Å². The predicted octanol–water partition coefficient (Wildman–Crippen LogP) is 3.03. The zero-order valence-corrected chi connectivity index (χ0v) is 19.4. The average Bonchev–Trinajstić information content (AvgIpc) is 3.02. The molecule has 0 saturated carbocycles. The molecule has 1 aliphatic rings. The molecule has 0 spiro atoms. The van der Waals surface area contributed by atoms with E-state index >= 15 is 0 Å². The van der Waals surface area contributed by atoms with Gasteiger partial charge in [-0.05, 0) is 33.3 Å². The van der Waals surface area contributed by atoms with Crippen LogP contribution >= 0.6 is 0 Å². The maximum atomic E-state index is 12.9. The van der Waals surface area contributed by atoms with Crippen molar-refractivity contribution in [2.45, 2.75) is 47.5 Å². The van der Waals surface area contributed by atoms with Crippen molar-refractivity contribution in [3.8, 4) is 0 Å². The van der Waals surface area contributed by atoms with Crippen molar-refractivity contribution < 1.29 is 14.3 Å². The molecule has 1 N–H and O–H groups in total. The van der Waals surface area contributed by atoms with Gasteiger partial charge in [-0.25, -0.2) is 14.8 Å². The topological polar surface area (TPSA) is 91.4 Å². The lowest BCUT2D eigenvalue weighted by Gasteiger charge is -2.35. The van der Waals surface area contributed by atoms with Crippen LogP contribution in [0.5, 0.6) is 0 Å².